The van der Waals surface area contributed by atoms with Crippen molar-refractivity contribution in [1.82, 2.24) is 16.0 Å². The lowest BCUT2D eigenvalue weighted by Crippen LogP contribution is -2.51. The minimum atomic E-state index is -0.463. The van der Waals surface area contributed by atoms with Crippen molar-refractivity contribution in [2.45, 2.75) is 39.7 Å². The number of nitrogens with one attached hydrogen (secondary N) is 3. The fraction of sp³-hybridized carbons (Fsp3) is 0.867. The predicted molar refractivity (Wildman–Crippen MR) is 103 cm³/mol. The average Bonchev–Trinajstić information content (AvgIpc) is 2.37. The van der Waals surface area contributed by atoms with E-state index < -0.39 is 5.60 Å². The molecule has 0 saturated carbocycles. The Hall–Kier alpha value is -0.770. The van der Waals surface area contributed by atoms with E-state index in [4.69, 9.17) is 9.47 Å². The third-order valence-electron chi connectivity index (χ3n) is 3.12. The number of rotatable bonds is 6. The van der Waals surface area contributed by atoms with Crippen molar-refractivity contribution >= 4 is 36.0 Å². The number of halogens is 1. The second-order valence-corrected chi connectivity index (χ2v) is 6.94. The molecule has 0 aromatic heterocycles. The van der Waals surface area contributed by atoms with Crippen molar-refractivity contribution < 1.29 is 14.3 Å². The summed E-state index contributed by atoms with van der Waals surface area (Å²) < 4.78 is 10.4. The van der Waals surface area contributed by atoms with E-state index >= 15 is 0 Å². The number of aliphatic imine (C=N–C) groups is 1. The number of hydrogen-bond donors (Lipinski definition) is 3. The zero-order valence-corrected chi connectivity index (χ0v) is 17.2. The molecule has 1 fully saturated rings. The summed E-state index contributed by atoms with van der Waals surface area (Å²) in [6.07, 6.45) is 0.410. The molecule has 8 heteroatoms. The van der Waals surface area contributed by atoms with Crippen molar-refractivity contribution in [3.63, 3.8) is 0 Å². The van der Waals surface area contributed by atoms with Crippen LogP contribution in [0.4, 0.5) is 4.79 Å². The van der Waals surface area contributed by atoms with Gasteiger partial charge < -0.3 is 25.4 Å². The normalized spacial score (nSPS) is 16.7. The Balaban J connectivity index is 0.00000484. The van der Waals surface area contributed by atoms with Gasteiger partial charge in [-0.25, -0.2) is 4.79 Å². The highest BCUT2D eigenvalue weighted by molar-refractivity contribution is 14.0. The number of amides is 1. The number of carbonyl (C=O) groups excluding carboxylic acids is 1. The maximum absolute atomic E-state index is 11.5. The number of alkyl carbamates (subject to hydrolysis) is 1. The molecule has 3 N–H and O–H groups in total. The van der Waals surface area contributed by atoms with Crippen LogP contribution in [0.2, 0.25) is 0 Å². The molecule has 1 saturated heterocycles. The Labute approximate surface area is 156 Å². The fourth-order valence-electron chi connectivity index (χ4n) is 1.87. The second kappa shape index (κ2) is 10.2. The highest BCUT2D eigenvalue weighted by atomic mass is 127. The maximum atomic E-state index is 11.5. The summed E-state index contributed by atoms with van der Waals surface area (Å²) in [4.78, 5) is 15.6. The molecule has 0 atom stereocenters. The van der Waals surface area contributed by atoms with Crippen molar-refractivity contribution in [3.05, 3.63) is 0 Å². The van der Waals surface area contributed by atoms with E-state index in [1.165, 1.54) is 0 Å². The quantitative estimate of drug-likeness (QED) is 0.253. The third-order valence-corrected chi connectivity index (χ3v) is 3.12. The molecule has 0 radical (unpaired) electrons. The van der Waals surface area contributed by atoms with Gasteiger partial charge in [0.2, 0.25) is 0 Å². The second-order valence-electron chi connectivity index (χ2n) is 6.94. The SMILES string of the molecule is CN=C(NCCCNC(=O)OC(C)(C)C)NCC1(C)COC1.I. The van der Waals surface area contributed by atoms with Gasteiger partial charge in [0.15, 0.2) is 5.96 Å². The molecule has 1 rings (SSSR count). The van der Waals surface area contributed by atoms with E-state index in [-0.39, 0.29) is 35.5 Å². The lowest BCUT2D eigenvalue weighted by atomic mass is 9.89. The van der Waals surface area contributed by atoms with Crippen LogP contribution in [-0.4, -0.2) is 57.5 Å². The molecule has 0 bridgehead atoms. The van der Waals surface area contributed by atoms with Crippen LogP contribution in [0.1, 0.15) is 34.1 Å². The van der Waals surface area contributed by atoms with Gasteiger partial charge in [-0.2, -0.15) is 0 Å². The van der Waals surface area contributed by atoms with E-state index in [1.807, 2.05) is 20.8 Å². The summed E-state index contributed by atoms with van der Waals surface area (Å²) >= 11 is 0. The minimum Gasteiger partial charge on any atom is -0.444 e. The van der Waals surface area contributed by atoms with Crippen LogP contribution in [-0.2, 0) is 9.47 Å². The van der Waals surface area contributed by atoms with Gasteiger partial charge in [0.05, 0.1) is 13.2 Å². The van der Waals surface area contributed by atoms with Crippen LogP contribution in [0.15, 0.2) is 4.99 Å². The Kier molecular flexibility index (Phi) is 9.83. The molecular weight excluding hydrogens is 411 g/mol. The average molecular weight is 442 g/mol. The fourth-order valence-corrected chi connectivity index (χ4v) is 1.87. The Morgan fingerprint density at radius 3 is 2.30 bits per heavy atom. The van der Waals surface area contributed by atoms with Crippen LogP contribution in [0.5, 0.6) is 0 Å². The van der Waals surface area contributed by atoms with E-state index in [1.54, 1.807) is 7.05 Å². The number of guanidine groups is 1. The first-order valence-corrected chi connectivity index (χ1v) is 7.73. The Morgan fingerprint density at radius 2 is 1.83 bits per heavy atom. The molecule has 0 aromatic rings. The van der Waals surface area contributed by atoms with Gasteiger partial charge in [0.25, 0.3) is 0 Å². The molecule has 0 aliphatic carbocycles. The standard InChI is InChI=1S/C15H30N4O3.HI/c1-14(2,3)22-13(20)18-8-6-7-17-12(16-5)19-9-15(4)10-21-11-15;/h6-11H2,1-5H3,(H,18,20)(H2,16,17,19);1H. The molecule has 0 aromatic carbocycles. The first-order valence-electron chi connectivity index (χ1n) is 7.73. The van der Waals surface area contributed by atoms with Gasteiger partial charge in [0, 0.05) is 32.1 Å². The zero-order valence-electron chi connectivity index (χ0n) is 14.8. The Morgan fingerprint density at radius 1 is 1.22 bits per heavy atom. The molecule has 7 nitrogen and oxygen atoms in total. The van der Waals surface area contributed by atoms with Crippen molar-refractivity contribution in [2.24, 2.45) is 10.4 Å². The van der Waals surface area contributed by atoms with Crippen molar-refractivity contribution in [2.75, 3.05) is 39.9 Å². The number of hydrogen-bond acceptors (Lipinski definition) is 4. The molecule has 1 amide bonds. The van der Waals surface area contributed by atoms with Gasteiger partial charge >= 0.3 is 6.09 Å². The van der Waals surface area contributed by atoms with Gasteiger partial charge in [0.1, 0.15) is 5.60 Å². The predicted octanol–water partition coefficient (Wildman–Crippen LogP) is 1.72. The number of nitrogens with zero attached hydrogens (tertiary/aromatic N) is 1. The van der Waals surface area contributed by atoms with Gasteiger partial charge in [-0.3, -0.25) is 4.99 Å². The monoisotopic (exact) mass is 442 g/mol. The largest absolute Gasteiger partial charge is 0.444 e. The molecule has 1 heterocycles. The highest BCUT2D eigenvalue weighted by Crippen LogP contribution is 2.24. The highest BCUT2D eigenvalue weighted by Gasteiger charge is 2.33. The molecule has 0 unspecified atom stereocenters. The van der Waals surface area contributed by atoms with E-state index in [9.17, 15) is 4.79 Å². The first kappa shape index (κ1) is 22.2. The summed E-state index contributed by atoms with van der Waals surface area (Å²) in [5, 5.41) is 9.24. The van der Waals surface area contributed by atoms with Gasteiger partial charge in [-0.15, -0.1) is 24.0 Å². The molecule has 1 aliphatic heterocycles. The van der Waals surface area contributed by atoms with Crippen molar-refractivity contribution in [1.29, 1.82) is 0 Å². The molecule has 1 aliphatic rings. The molecular formula is C15H31IN4O3. The van der Waals surface area contributed by atoms with Crippen LogP contribution in [0.25, 0.3) is 0 Å². The summed E-state index contributed by atoms with van der Waals surface area (Å²) in [6.45, 7) is 11.4. The third kappa shape index (κ3) is 9.85. The Bertz CT molecular complexity index is 393. The summed E-state index contributed by atoms with van der Waals surface area (Å²) in [7, 11) is 1.74. The number of ether oxygens (including phenoxy) is 2. The zero-order chi connectivity index (χ0) is 16.6. The summed E-state index contributed by atoms with van der Waals surface area (Å²) in [5.74, 6) is 0.769. The van der Waals surface area contributed by atoms with Crippen LogP contribution < -0.4 is 16.0 Å². The topological polar surface area (TPSA) is 84.0 Å². The smallest absolute Gasteiger partial charge is 0.407 e. The lowest BCUT2D eigenvalue weighted by molar-refractivity contribution is -0.0971. The van der Waals surface area contributed by atoms with Gasteiger partial charge in [-0.05, 0) is 27.2 Å². The van der Waals surface area contributed by atoms with Crippen LogP contribution in [0, 0.1) is 5.41 Å². The summed E-state index contributed by atoms with van der Waals surface area (Å²) in [6, 6.07) is 0. The molecule has 23 heavy (non-hydrogen) atoms. The van der Waals surface area contributed by atoms with Gasteiger partial charge in [-0.1, -0.05) is 6.92 Å². The summed E-state index contributed by atoms with van der Waals surface area (Å²) in [5.41, 5.74) is -0.258. The molecule has 136 valence electrons. The van der Waals surface area contributed by atoms with E-state index in [2.05, 4.69) is 27.9 Å². The lowest BCUT2D eigenvalue weighted by Gasteiger charge is -2.38. The minimum absolute atomic E-state index is 0. The van der Waals surface area contributed by atoms with Crippen LogP contribution in [0.3, 0.4) is 0 Å². The maximum Gasteiger partial charge on any atom is 0.407 e. The van der Waals surface area contributed by atoms with E-state index in [0.717, 1.165) is 38.7 Å². The van der Waals surface area contributed by atoms with Crippen LogP contribution >= 0.6 is 24.0 Å². The van der Waals surface area contributed by atoms with Crippen molar-refractivity contribution in [3.8, 4) is 0 Å². The molecule has 0 spiro atoms. The first-order chi connectivity index (χ1) is 10.2. The number of carbonyl (C=O) groups is 1. The van der Waals surface area contributed by atoms with E-state index in [0.29, 0.717) is 6.54 Å².